The summed E-state index contributed by atoms with van der Waals surface area (Å²) >= 11 is 0. The van der Waals surface area contributed by atoms with Gasteiger partial charge < -0.3 is 14.4 Å². The highest BCUT2D eigenvalue weighted by atomic mass is 16.4. The number of benzene rings is 1. The number of carbonyl (C=O) groups is 2. The molecule has 0 bridgehead atoms. The second-order valence-corrected chi connectivity index (χ2v) is 8.61. The SMILES string of the molecule is Cc1ccc(N(C(=O)c2ccco2)C2CCN(CCCc3ccccc3NC(=O)O)CC2)nc1. The van der Waals surface area contributed by atoms with Gasteiger partial charge in [-0.15, -0.1) is 0 Å². The van der Waals surface area contributed by atoms with Gasteiger partial charge in [-0.2, -0.15) is 0 Å². The Balaban J connectivity index is 1.35. The zero-order valence-corrected chi connectivity index (χ0v) is 19.3. The third-order valence-electron chi connectivity index (χ3n) is 6.20. The molecule has 34 heavy (non-hydrogen) atoms. The third-order valence-corrected chi connectivity index (χ3v) is 6.20. The fraction of sp³-hybridized carbons (Fsp3) is 0.346. The number of hydrogen-bond acceptors (Lipinski definition) is 5. The molecule has 0 radical (unpaired) electrons. The summed E-state index contributed by atoms with van der Waals surface area (Å²) in [4.78, 5) is 33.0. The summed E-state index contributed by atoms with van der Waals surface area (Å²) in [6.45, 7) is 4.66. The molecule has 1 saturated heterocycles. The lowest BCUT2D eigenvalue weighted by Crippen LogP contribution is -2.48. The molecular formula is C26H30N4O4. The van der Waals surface area contributed by atoms with Crippen molar-refractivity contribution in [3.63, 3.8) is 0 Å². The van der Waals surface area contributed by atoms with Gasteiger partial charge in [-0.1, -0.05) is 24.3 Å². The lowest BCUT2D eigenvalue weighted by atomic mass is 10.0. The van der Waals surface area contributed by atoms with E-state index in [9.17, 15) is 9.59 Å². The molecule has 4 rings (SSSR count). The monoisotopic (exact) mass is 462 g/mol. The number of furan rings is 1. The van der Waals surface area contributed by atoms with Crippen LogP contribution in [0.25, 0.3) is 0 Å². The van der Waals surface area contributed by atoms with Crippen LogP contribution in [0.1, 0.15) is 40.9 Å². The number of hydrogen-bond donors (Lipinski definition) is 2. The minimum absolute atomic E-state index is 0.0459. The van der Waals surface area contributed by atoms with E-state index >= 15 is 0 Å². The van der Waals surface area contributed by atoms with Crippen molar-refractivity contribution in [1.82, 2.24) is 9.88 Å². The number of likely N-dealkylation sites (tertiary alicyclic amines) is 1. The van der Waals surface area contributed by atoms with Crippen LogP contribution in [0.3, 0.4) is 0 Å². The molecule has 2 N–H and O–H groups in total. The highest BCUT2D eigenvalue weighted by Gasteiger charge is 2.31. The summed E-state index contributed by atoms with van der Waals surface area (Å²) in [6, 6.07) is 14.8. The first-order chi connectivity index (χ1) is 16.5. The molecule has 1 aliphatic rings. The first-order valence-corrected chi connectivity index (χ1v) is 11.6. The number of pyridine rings is 1. The lowest BCUT2D eigenvalue weighted by Gasteiger charge is -2.37. The van der Waals surface area contributed by atoms with Crippen LogP contribution in [0.5, 0.6) is 0 Å². The predicted octanol–water partition coefficient (Wildman–Crippen LogP) is 4.82. The van der Waals surface area contributed by atoms with E-state index in [4.69, 9.17) is 9.52 Å². The number of para-hydroxylation sites is 1. The number of amides is 2. The fourth-order valence-corrected chi connectivity index (χ4v) is 4.45. The summed E-state index contributed by atoms with van der Waals surface area (Å²) in [5.41, 5.74) is 2.69. The van der Waals surface area contributed by atoms with Crippen molar-refractivity contribution in [2.45, 2.75) is 38.6 Å². The standard InChI is InChI=1S/C26H30N4O4/c1-19-10-11-24(27-18-19)30(25(31)23-9-5-17-34-23)21-12-15-29(16-13-21)14-4-7-20-6-2-3-8-22(20)28-26(32)33/h2-3,5-6,8-11,17-18,21,28H,4,7,12-16H2,1H3,(H,32,33). The second kappa shape index (κ2) is 11.0. The molecule has 0 aliphatic carbocycles. The summed E-state index contributed by atoms with van der Waals surface area (Å²) in [5, 5.41) is 11.5. The van der Waals surface area contributed by atoms with Crippen LogP contribution in [-0.2, 0) is 6.42 Å². The van der Waals surface area contributed by atoms with E-state index < -0.39 is 6.09 Å². The van der Waals surface area contributed by atoms with Crippen molar-refractivity contribution in [2.24, 2.45) is 0 Å². The van der Waals surface area contributed by atoms with Gasteiger partial charge in [0.15, 0.2) is 5.76 Å². The normalized spacial score (nSPS) is 14.6. The van der Waals surface area contributed by atoms with Crippen LogP contribution in [0, 0.1) is 6.92 Å². The van der Waals surface area contributed by atoms with Crippen LogP contribution < -0.4 is 10.2 Å². The van der Waals surface area contributed by atoms with Crippen LogP contribution in [0.2, 0.25) is 0 Å². The predicted molar refractivity (Wildman–Crippen MR) is 130 cm³/mol. The molecule has 8 nitrogen and oxygen atoms in total. The largest absolute Gasteiger partial charge is 0.465 e. The van der Waals surface area contributed by atoms with Gasteiger partial charge in [0.05, 0.1) is 6.26 Å². The molecule has 3 aromatic rings. The molecule has 0 unspecified atom stereocenters. The van der Waals surface area contributed by atoms with E-state index in [1.165, 1.54) is 6.26 Å². The van der Waals surface area contributed by atoms with Gasteiger partial charge in [-0.25, -0.2) is 9.78 Å². The Hall–Kier alpha value is -3.65. The molecule has 1 aliphatic heterocycles. The maximum atomic E-state index is 13.2. The van der Waals surface area contributed by atoms with Crippen LogP contribution in [0.4, 0.5) is 16.3 Å². The van der Waals surface area contributed by atoms with Gasteiger partial charge in [0.25, 0.3) is 5.91 Å². The van der Waals surface area contributed by atoms with Gasteiger partial charge in [0, 0.05) is 31.0 Å². The number of piperidine rings is 1. The van der Waals surface area contributed by atoms with Crippen molar-refractivity contribution in [3.8, 4) is 0 Å². The number of nitrogens with one attached hydrogen (secondary N) is 1. The van der Waals surface area contributed by atoms with Crippen molar-refractivity contribution in [3.05, 3.63) is 77.9 Å². The van der Waals surface area contributed by atoms with E-state index in [1.54, 1.807) is 29.3 Å². The average Bonchev–Trinajstić information content (AvgIpc) is 3.37. The molecule has 2 amide bonds. The van der Waals surface area contributed by atoms with E-state index in [2.05, 4.69) is 15.2 Å². The molecule has 178 valence electrons. The zero-order valence-electron chi connectivity index (χ0n) is 19.3. The summed E-state index contributed by atoms with van der Waals surface area (Å²) in [6.07, 6.45) is 5.67. The smallest absolute Gasteiger partial charge is 0.409 e. The van der Waals surface area contributed by atoms with Crippen molar-refractivity contribution in [2.75, 3.05) is 29.9 Å². The van der Waals surface area contributed by atoms with Crippen LogP contribution in [-0.4, -0.2) is 52.7 Å². The lowest BCUT2D eigenvalue weighted by molar-refractivity contribution is 0.0931. The van der Waals surface area contributed by atoms with Crippen molar-refractivity contribution < 1.29 is 19.1 Å². The minimum Gasteiger partial charge on any atom is -0.465 e. The van der Waals surface area contributed by atoms with Gasteiger partial charge in [0.2, 0.25) is 0 Å². The first-order valence-electron chi connectivity index (χ1n) is 11.6. The maximum absolute atomic E-state index is 13.2. The van der Waals surface area contributed by atoms with E-state index in [-0.39, 0.29) is 11.9 Å². The molecule has 0 spiro atoms. The number of anilines is 2. The number of carboxylic acid groups (broad SMARTS) is 1. The Morgan fingerprint density at radius 1 is 1.15 bits per heavy atom. The quantitative estimate of drug-likeness (QED) is 0.498. The van der Waals surface area contributed by atoms with Gasteiger partial charge in [-0.3, -0.25) is 15.0 Å². The van der Waals surface area contributed by atoms with Crippen molar-refractivity contribution >= 4 is 23.5 Å². The minimum atomic E-state index is -1.05. The second-order valence-electron chi connectivity index (χ2n) is 8.61. The molecule has 8 heteroatoms. The van der Waals surface area contributed by atoms with E-state index in [1.807, 2.05) is 37.3 Å². The Bertz CT molecular complexity index is 1090. The number of carbonyl (C=O) groups excluding carboxylic acids is 1. The molecule has 1 fully saturated rings. The molecule has 2 aromatic heterocycles. The Labute approximate surface area is 199 Å². The molecule has 3 heterocycles. The Morgan fingerprint density at radius 3 is 2.62 bits per heavy atom. The van der Waals surface area contributed by atoms with Gasteiger partial charge >= 0.3 is 6.09 Å². The van der Waals surface area contributed by atoms with Crippen molar-refractivity contribution in [1.29, 1.82) is 0 Å². The maximum Gasteiger partial charge on any atom is 0.409 e. The Morgan fingerprint density at radius 2 is 1.94 bits per heavy atom. The number of aromatic nitrogens is 1. The summed E-state index contributed by atoms with van der Waals surface area (Å²) in [7, 11) is 0. The Kier molecular flexibility index (Phi) is 7.59. The molecular weight excluding hydrogens is 432 g/mol. The van der Waals surface area contributed by atoms with Gasteiger partial charge in [-0.05, 0) is 74.5 Å². The number of rotatable bonds is 8. The zero-order chi connectivity index (χ0) is 23.9. The van der Waals surface area contributed by atoms with Crippen LogP contribution in [0.15, 0.2) is 65.4 Å². The molecule has 1 aromatic carbocycles. The van der Waals surface area contributed by atoms with E-state index in [0.29, 0.717) is 17.3 Å². The van der Waals surface area contributed by atoms with E-state index in [0.717, 1.165) is 56.4 Å². The van der Waals surface area contributed by atoms with Gasteiger partial charge in [0.1, 0.15) is 5.82 Å². The third kappa shape index (κ3) is 5.82. The average molecular weight is 463 g/mol. The topological polar surface area (TPSA) is 98.9 Å². The van der Waals surface area contributed by atoms with Crippen LogP contribution >= 0.6 is 0 Å². The fourth-order valence-electron chi connectivity index (χ4n) is 4.45. The number of nitrogens with zero attached hydrogens (tertiary/aromatic N) is 3. The summed E-state index contributed by atoms with van der Waals surface area (Å²) < 4.78 is 5.39. The molecule has 0 saturated carbocycles. The number of aryl methyl sites for hydroxylation is 2. The summed E-state index contributed by atoms with van der Waals surface area (Å²) in [5.74, 6) is 0.800. The first kappa shape index (κ1) is 23.5. The highest BCUT2D eigenvalue weighted by Crippen LogP contribution is 2.25. The highest BCUT2D eigenvalue weighted by molar-refractivity contribution is 6.04. The molecule has 0 atom stereocenters.